The first-order valence-corrected chi connectivity index (χ1v) is 9.02. The van der Waals surface area contributed by atoms with E-state index in [2.05, 4.69) is 15.3 Å². The average Bonchev–Trinajstić information content (AvgIpc) is 2.98. The minimum atomic E-state index is -1.07. The lowest BCUT2D eigenvalue weighted by Crippen LogP contribution is -2.27. The molecule has 2 aromatic heterocycles. The molecule has 1 N–H and O–H groups in total. The van der Waals surface area contributed by atoms with Crippen LogP contribution in [0, 0.1) is 11.6 Å². The number of hydrogen-bond acceptors (Lipinski definition) is 6. The van der Waals surface area contributed by atoms with Gasteiger partial charge < -0.3 is 5.32 Å². The number of aromatic nitrogens is 3. The molecule has 0 bridgehead atoms. The Labute approximate surface area is 148 Å². The molecule has 6 nitrogen and oxygen atoms in total. The highest BCUT2D eigenvalue weighted by molar-refractivity contribution is 8.01. The number of carbonyl (C=O) groups excluding carboxylic acids is 1. The molecular formula is C15H12F2N4O2S2. The van der Waals surface area contributed by atoms with Crippen molar-refractivity contribution in [3.05, 3.63) is 46.5 Å². The van der Waals surface area contributed by atoms with Gasteiger partial charge in [0.2, 0.25) is 5.91 Å². The van der Waals surface area contributed by atoms with Crippen molar-refractivity contribution >= 4 is 45.0 Å². The zero-order chi connectivity index (χ0) is 18.0. The summed E-state index contributed by atoms with van der Waals surface area (Å²) in [6.07, 6.45) is 1.25. The van der Waals surface area contributed by atoms with Crippen molar-refractivity contribution in [1.29, 1.82) is 0 Å². The largest absolute Gasteiger partial charge is 0.324 e. The number of amides is 1. The first kappa shape index (κ1) is 17.5. The molecule has 0 unspecified atom stereocenters. The Morgan fingerprint density at radius 1 is 1.36 bits per heavy atom. The van der Waals surface area contributed by atoms with E-state index in [1.54, 1.807) is 0 Å². The molecule has 0 saturated heterocycles. The summed E-state index contributed by atoms with van der Waals surface area (Å²) >= 11 is 2.74. The number of carbonyl (C=O) groups is 1. The number of fused-ring (bicyclic) bond motifs is 1. The predicted octanol–water partition coefficient (Wildman–Crippen LogP) is 2.88. The van der Waals surface area contributed by atoms with E-state index in [0.717, 1.165) is 26.8 Å². The molecule has 2 heterocycles. The Bertz CT molecular complexity index is 1000. The van der Waals surface area contributed by atoms with Crippen LogP contribution in [0.15, 0.2) is 33.7 Å². The Morgan fingerprint density at radius 3 is 2.88 bits per heavy atom. The quantitative estimate of drug-likeness (QED) is 0.687. The maximum absolute atomic E-state index is 13.2. The van der Waals surface area contributed by atoms with Gasteiger partial charge in [0, 0.05) is 11.8 Å². The van der Waals surface area contributed by atoms with Gasteiger partial charge in [-0.05, 0) is 17.9 Å². The molecule has 0 fully saturated rings. The number of anilines is 1. The number of thiazole rings is 1. The third kappa shape index (κ3) is 3.85. The van der Waals surface area contributed by atoms with Crippen LogP contribution in [0.1, 0.15) is 6.92 Å². The van der Waals surface area contributed by atoms with E-state index in [0.29, 0.717) is 10.3 Å². The molecule has 130 valence electrons. The van der Waals surface area contributed by atoms with Crippen molar-refractivity contribution in [1.82, 2.24) is 14.5 Å². The lowest BCUT2D eigenvalue weighted by atomic mass is 10.3. The molecular weight excluding hydrogens is 370 g/mol. The van der Waals surface area contributed by atoms with E-state index in [4.69, 9.17) is 0 Å². The summed E-state index contributed by atoms with van der Waals surface area (Å²) in [7, 11) is 0. The van der Waals surface area contributed by atoms with Crippen LogP contribution < -0.4 is 10.9 Å². The minimum Gasteiger partial charge on any atom is -0.324 e. The van der Waals surface area contributed by atoms with Gasteiger partial charge in [0.15, 0.2) is 21.6 Å². The second-order valence-corrected chi connectivity index (χ2v) is 7.43. The number of nitrogens with one attached hydrogen (secondary N) is 1. The number of rotatable bonds is 5. The van der Waals surface area contributed by atoms with E-state index in [-0.39, 0.29) is 17.8 Å². The van der Waals surface area contributed by atoms with Crippen LogP contribution in [-0.2, 0) is 11.3 Å². The van der Waals surface area contributed by atoms with Crippen LogP contribution in [0.25, 0.3) is 10.3 Å². The Kier molecular flexibility index (Phi) is 5.09. The third-order valence-corrected chi connectivity index (χ3v) is 5.21. The fourth-order valence-corrected chi connectivity index (χ4v) is 3.99. The number of halogens is 2. The van der Waals surface area contributed by atoms with Gasteiger partial charge >= 0.3 is 0 Å². The second kappa shape index (κ2) is 7.28. The maximum atomic E-state index is 13.2. The molecule has 3 aromatic rings. The second-order valence-electron chi connectivity index (χ2n) is 4.92. The molecule has 25 heavy (non-hydrogen) atoms. The third-order valence-electron chi connectivity index (χ3n) is 3.15. The van der Waals surface area contributed by atoms with E-state index in [1.165, 1.54) is 35.5 Å². The lowest BCUT2D eigenvalue weighted by Gasteiger charge is -2.07. The van der Waals surface area contributed by atoms with Gasteiger partial charge in [0.05, 0.1) is 0 Å². The fourth-order valence-electron chi connectivity index (χ4n) is 2.05. The van der Waals surface area contributed by atoms with Crippen molar-refractivity contribution in [3.8, 4) is 0 Å². The van der Waals surface area contributed by atoms with Crippen LogP contribution in [0.4, 0.5) is 14.5 Å². The van der Waals surface area contributed by atoms with Gasteiger partial charge in [0.25, 0.3) is 5.56 Å². The Hall–Kier alpha value is -2.33. The standard InChI is InChI=1S/C15H12F2N4O2S2/c1-2-24-15-20-13-12(25-15)14(23)21(7-18-13)6-11(22)19-8-3-4-9(16)10(17)5-8/h3-5,7H,2,6H2,1H3,(H,19,22). The Balaban J connectivity index is 1.79. The summed E-state index contributed by atoms with van der Waals surface area (Å²) in [5, 5.41) is 2.41. The summed E-state index contributed by atoms with van der Waals surface area (Å²) in [5.74, 6) is -1.80. The number of thioether (sulfide) groups is 1. The molecule has 1 amide bonds. The molecule has 0 spiro atoms. The van der Waals surface area contributed by atoms with Crippen molar-refractivity contribution < 1.29 is 13.6 Å². The van der Waals surface area contributed by atoms with E-state index in [9.17, 15) is 18.4 Å². The van der Waals surface area contributed by atoms with Crippen molar-refractivity contribution in [2.24, 2.45) is 0 Å². The van der Waals surface area contributed by atoms with Gasteiger partial charge in [-0.3, -0.25) is 14.2 Å². The van der Waals surface area contributed by atoms with E-state index >= 15 is 0 Å². The smallest absolute Gasteiger partial charge is 0.273 e. The van der Waals surface area contributed by atoms with Crippen LogP contribution in [-0.4, -0.2) is 26.2 Å². The van der Waals surface area contributed by atoms with Gasteiger partial charge in [-0.25, -0.2) is 18.7 Å². The summed E-state index contributed by atoms with van der Waals surface area (Å²) in [5.41, 5.74) is 0.0829. The van der Waals surface area contributed by atoms with Gasteiger partial charge in [-0.15, -0.1) is 11.3 Å². The molecule has 1 aromatic carbocycles. The predicted molar refractivity (Wildman–Crippen MR) is 93.1 cm³/mol. The summed E-state index contributed by atoms with van der Waals surface area (Å²) in [4.78, 5) is 32.8. The summed E-state index contributed by atoms with van der Waals surface area (Å²) < 4.78 is 28.3. The topological polar surface area (TPSA) is 76.9 Å². The van der Waals surface area contributed by atoms with Crippen LogP contribution in [0.2, 0.25) is 0 Å². The van der Waals surface area contributed by atoms with Crippen molar-refractivity contribution in [3.63, 3.8) is 0 Å². The first-order valence-electron chi connectivity index (χ1n) is 7.21. The van der Waals surface area contributed by atoms with Crippen molar-refractivity contribution in [2.45, 2.75) is 17.8 Å². The first-order chi connectivity index (χ1) is 12.0. The SMILES string of the molecule is CCSc1nc2ncn(CC(=O)Nc3ccc(F)c(F)c3)c(=O)c2s1. The fraction of sp³-hybridized carbons (Fsp3) is 0.200. The van der Waals surface area contributed by atoms with E-state index in [1.807, 2.05) is 6.92 Å². The molecule has 0 aliphatic heterocycles. The van der Waals surface area contributed by atoms with Gasteiger partial charge in [-0.2, -0.15) is 0 Å². The minimum absolute atomic E-state index is 0.102. The average molecular weight is 382 g/mol. The Morgan fingerprint density at radius 2 is 2.16 bits per heavy atom. The molecule has 3 rings (SSSR count). The van der Waals surface area contributed by atoms with Crippen LogP contribution in [0.3, 0.4) is 0 Å². The summed E-state index contributed by atoms with van der Waals surface area (Å²) in [6, 6.07) is 3.02. The van der Waals surface area contributed by atoms with E-state index < -0.39 is 17.5 Å². The zero-order valence-corrected chi connectivity index (χ0v) is 14.6. The maximum Gasteiger partial charge on any atom is 0.273 e. The lowest BCUT2D eigenvalue weighted by molar-refractivity contribution is -0.116. The number of hydrogen-bond donors (Lipinski definition) is 1. The number of benzene rings is 1. The normalized spacial score (nSPS) is 11.0. The monoisotopic (exact) mass is 382 g/mol. The van der Waals surface area contributed by atoms with Gasteiger partial charge in [-0.1, -0.05) is 18.7 Å². The molecule has 10 heteroatoms. The van der Waals surface area contributed by atoms with Crippen LogP contribution in [0.5, 0.6) is 0 Å². The molecule has 0 atom stereocenters. The number of nitrogens with zero attached hydrogens (tertiary/aromatic N) is 3. The zero-order valence-electron chi connectivity index (χ0n) is 13.0. The molecule has 0 aliphatic rings. The molecule has 0 radical (unpaired) electrons. The van der Waals surface area contributed by atoms with Gasteiger partial charge in [0.1, 0.15) is 17.6 Å². The summed E-state index contributed by atoms with van der Waals surface area (Å²) in [6.45, 7) is 1.68. The molecule has 0 aliphatic carbocycles. The highest BCUT2D eigenvalue weighted by Crippen LogP contribution is 2.25. The highest BCUT2D eigenvalue weighted by Gasteiger charge is 2.13. The van der Waals surface area contributed by atoms with Crippen LogP contribution >= 0.6 is 23.1 Å². The van der Waals surface area contributed by atoms with Crippen molar-refractivity contribution in [2.75, 3.05) is 11.1 Å². The molecule has 0 saturated carbocycles. The highest BCUT2D eigenvalue weighted by atomic mass is 32.2.